The van der Waals surface area contributed by atoms with Crippen molar-refractivity contribution in [3.63, 3.8) is 0 Å². The van der Waals surface area contributed by atoms with Crippen LogP contribution in [-0.4, -0.2) is 59.1 Å². The summed E-state index contributed by atoms with van der Waals surface area (Å²) in [6.45, 7) is 5.60. The Hall–Kier alpha value is -1.37. The SMILES string of the molecule is CC(=O)N1CCN(Cc2cccc(B(O)O)c2)CC1. The third-order valence-corrected chi connectivity index (χ3v) is 3.47. The monoisotopic (exact) mass is 262 g/mol. The van der Waals surface area contributed by atoms with Gasteiger partial charge in [-0.05, 0) is 11.0 Å². The number of carbonyl (C=O) groups excluding carboxylic acids is 1. The van der Waals surface area contributed by atoms with Gasteiger partial charge in [-0.3, -0.25) is 9.69 Å². The van der Waals surface area contributed by atoms with Crippen LogP contribution in [0.3, 0.4) is 0 Å². The summed E-state index contributed by atoms with van der Waals surface area (Å²) in [6.07, 6.45) is 0. The molecule has 1 amide bonds. The molecule has 1 heterocycles. The maximum absolute atomic E-state index is 11.2. The molecule has 2 rings (SSSR count). The molecule has 0 unspecified atom stereocenters. The van der Waals surface area contributed by atoms with Crippen LogP contribution in [0.15, 0.2) is 24.3 Å². The van der Waals surface area contributed by atoms with Gasteiger partial charge in [-0.25, -0.2) is 0 Å². The highest BCUT2D eigenvalue weighted by atomic mass is 16.4. The largest absolute Gasteiger partial charge is 0.488 e. The second-order valence-corrected chi connectivity index (χ2v) is 4.90. The lowest BCUT2D eigenvalue weighted by Gasteiger charge is -2.34. The number of carbonyl (C=O) groups is 1. The molecule has 0 saturated carbocycles. The fourth-order valence-electron chi connectivity index (χ4n) is 2.33. The highest BCUT2D eigenvalue weighted by molar-refractivity contribution is 6.58. The first kappa shape index (κ1) is 14.1. The van der Waals surface area contributed by atoms with Crippen molar-refractivity contribution < 1.29 is 14.8 Å². The summed E-state index contributed by atoms with van der Waals surface area (Å²) in [7, 11) is -1.42. The molecule has 1 aliphatic rings. The zero-order valence-corrected chi connectivity index (χ0v) is 11.1. The molecule has 0 spiro atoms. The van der Waals surface area contributed by atoms with Crippen LogP contribution in [-0.2, 0) is 11.3 Å². The van der Waals surface area contributed by atoms with Crippen molar-refractivity contribution in [1.29, 1.82) is 0 Å². The Morgan fingerprint density at radius 2 is 1.95 bits per heavy atom. The average Bonchev–Trinajstić information content (AvgIpc) is 2.39. The molecule has 0 aliphatic carbocycles. The van der Waals surface area contributed by atoms with Gasteiger partial charge in [-0.15, -0.1) is 0 Å². The van der Waals surface area contributed by atoms with Gasteiger partial charge in [0, 0.05) is 39.6 Å². The van der Waals surface area contributed by atoms with E-state index in [4.69, 9.17) is 10.0 Å². The summed E-state index contributed by atoms with van der Waals surface area (Å²) in [5.41, 5.74) is 1.57. The van der Waals surface area contributed by atoms with E-state index in [-0.39, 0.29) is 5.91 Å². The summed E-state index contributed by atoms with van der Waals surface area (Å²) >= 11 is 0. The van der Waals surface area contributed by atoms with E-state index in [0.717, 1.165) is 38.3 Å². The Morgan fingerprint density at radius 3 is 2.53 bits per heavy atom. The van der Waals surface area contributed by atoms with E-state index in [2.05, 4.69) is 4.90 Å². The van der Waals surface area contributed by atoms with Crippen LogP contribution in [0.5, 0.6) is 0 Å². The minimum absolute atomic E-state index is 0.130. The predicted molar refractivity (Wildman–Crippen MR) is 73.8 cm³/mol. The zero-order chi connectivity index (χ0) is 13.8. The Bertz CT molecular complexity index is 445. The third-order valence-electron chi connectivity index (χ3n) is 3.47. The fourth-order valence-corrected chi connectivity index (χ4v) is 2.33. The maximum Gasteiger partial charge on any atom is 0.488 e. The highest BCUT2D eigenvalue weighted by Gasteiger charge is 2.19. The van der Waals surface area contributed by atoms with Crippen LogP contribution >= 0.6 is 0 Å². The molecule has 0 atom stereocenters. The first-order valence-corrected chi connectivity index (χ1v) is 6.49. The summed E-state index contributed by atoms with van der Waals surface area (Å²) in [6, 6.07) is 7.31. The second-order valence-electron chi connectivity index (χ2n) is 4.90. The van der Waals surface area contributed by atoms with Crippen molar-refractivity contribution in [2.24, 2.45) is 0 Å². The van der Waals surface area contributed by atoms with Gasteiger partial charge in [0.05, 0.1) is 0 Å². The number of benzene rings is 1. The lowest BCUT2D eigenvalue weighted by molar-refractivity contribution is -0.130. The van der Waals surface area contributed by atoms with Crippen LogP contribution < -0.4 is 5.46 Å². The van der Waals surface area contributed by atoms with E-state index in [1.807, 2.05) is 23.1 Å². The third kappa shape index (κ3) is 3.80. The van der Waals surface area contributed by atoms with Gasteiger partial charge in [0.25, 0.3) is 0 Å². The molecule has 2 N–H and O–H groups in total. The smallest absolute Gasteiger partial charge is 0.423 e. The number of piperazine rings is 1. The van der Waals surface area contributed by atoms with Crippen molar-refractivity contribution >= 4 is 18.5 Å². The van der Waals surface area contributed by atoms with Gasteiger partial charge in [0.1, 0.15) is 0 Å². The molecule has 5 nitrogen and oxygen atoms in total. The second kappa shape index (κ2) is 6.19. The molecular weight excluding hydrogens is 243 g/mol. The number of hydrogen-bond acceptors (Lipinski definition) is 4. The highest BCUT2D eigenvalue weighted by Crippen LogP contribution is 2.08. The van der Waals surface area contributed by atoms with Crippen molar-refractivity contribution in [2.75, 3.05) is 26.2 Å². The van der Waals surface area contributed by atoms with Crippen molar-refractivity contribution in [3.05, 3.63) is 29.8 Å². The molecular formula is C13H19BN2O3. The van der Waals surface area contributed by atoms with Gasteiger partial charge in [-0.2, -0.15) is 0 Å². The quantitative estimate of drug-likeness (QED) is 0.688. The molecule has 1 aliphatic heterocycles. The van der Waals surface area contributed by atoms with Crippen molar-refractivity contribution in [2.45, 2.75) is 13.5 Å². The number of amides is 1. The van der Waals surface area contributed by atoms with Gasteiger partial charge in [0.2, 0.25) is 5.91 Å². The molecule has 1 aromatic carbocycles. The normalized spacial score (nSPS) is 16.5. The molecule has 19 heavy (non-hydrogen) atoms. The van der Waals surface area contributed by atoms with Gasteiger partial charge in [-0.1, -0.05) is 24.3 Å². The summed E-state index contributed by atoms with van der Waals surface area (Å²) in [4.78, 5) is 15.4. The van der Waals surface area contributed by atoms with Gasteiger partial charge in [0.15, 0.2) is 0 Å². The molecule has 0 aromatic heterocycles. The minimum Gasteiger partial charge on any atom is -0.423 e. The molecule has 102 valence electrons. The van der Waals surface area contributed by atoms with Crippen LogP contribution in [0.4, 0.5) is 0 Å². The minimum atomic E-state index is -1.42. The summed E-state index contributed by atoms with van der Waals surface area (Å²) in [5, 5.41) is 18.3. The topological polar surface area (TPSA) is 64.0 Å². The van der Waals surface area contributed by atoms with Gasteiger partial charge >= 0.3 is 7.12 Å². The van der Waals surface area contributed by atoms with E-state index in [0.29, 0.717) is 5.46 Å². The Balaban J connectivity index is 1.92. The summed E-state index contributed by atoms with van der Waals surface area (Å²) in [5.74, 6) is 0.130. The number of hydrogen-bond donors (Lipinski definition) is 2. The van der Waals surface area contributed by atoms with Crippen molar-refractivity contribution in [3.8, 4) is 0 Å². The fraction of sp³-hybridized carbons (Fsp3) is 0.462. The Kier molecular flexibility index (Phi) is 4.58. The Morgan fingerprint density at radius 1 is 1.26 bits per heavy atom. The van der Waals surface area contributed by atoms with Crippen LogP contribution in [0.25, 0.3) is 0 Å². The van der Waals surface area contributed by atoms with Gasteiger partial charge < -0.3 is 14.9 Å². The first-order chi connectivity index (χ1) is 9.06. The molecule has 1 aromatic rings. The number of nitrogens with zero attached hydrogens (tertiary/aromatic N) is 2. The molecule has 0 radical (unpaired) electrons. The predicted octanol–water partition coefficient (Wildman–Crippen LogP) is -0.969. The zero-order valence-electron chi connectivity index (χ0n) is 11.1. The number of rotatable bonds is 3. The molecule has 0 bridgehead atoms. The lowest BCUT2D eigenvalue weighted by Crippen LogP contribution is -2.47. The van der Waals surface area contributed by atoms with E-state index in [1.54, 1.807) is 13.0 Å². The standard InChI is InChI=1S/C13H19BN2O3/c1-11(17)16-7-5-15(6-8-16)10-12-3-2-4-13(9-12)14(18)19/h2-4,9,18-19H,5-8,10H2,1H3. The molecule has 1 fully saturated rings. The molecule has 1 saturated heterocycles. The van der Waals surface area contributed by atoms with E-state index < -0.39 is 7.12 Å². The van der Waals surface area contributed by atoms with Crippen LogP contribution in [0.2, 0.25) is 0 Å². The first-order valence-electron chi connectivity index (χ1n) is 6.49. The van der Waals surface area contributed by atoms with E-state index >= 15 is 0 Å². The van der Waals surface area contributed by atoms with E-state index in [9.17, 15) is 4.79 Å². The summed E-state index contributed by atoms with van der Waals surface area (Å²) < 4.78 is 0. The van der Waals surface area contributed by atoms with Crippen LogP contribution in [0, 0.1) is 0 Å². The lowest BCUT2D eigenvalue weighted by atomic mass is 9.79. The van der Waals surface area contributed by atoms with E-state index in [1.165, 1.54) is 0 Å². The average molecular weight is 262 g/mol. The maximum atomic E-state index is 11.2. The van der Waals surface area contributed by atoms with Crippen molar-refractivity contribution in [1.82, 2.24) is 9.80 Å². The Labute approximate surface area is 113 Å². The van der Waals surface area contributed by atoms with Crippen LogP contribution in [0.1, 0.15) is 12.5 Å². The molecule has 6 heteroatoms.